The summed E-state index contributed by atoms with van der Waals surface area (Å²) in [7, 11) is 1.58. The Morgan fingerprint density at radius 1 is 1.35 bits per heavy atom. The van der Waals surface area contributed by atoms with E-state index in [4.69, 9.17) is 4.74 Å². The summed E-state index contributed by atoms with van der Waals surface area (Å²) in [5, 5.41) is 9.80. The number of aryl methyl sites for hydroxylation is 1. The minimum absolute atomic E-state index is 0.00502. The molecule has 2 aromatic heterocycles. The number of aromatic amines is 1. The zero-order valence-electron chi connectivity index (χ0n) is 14.4. The molecule has 1 aromatic carbocycles. The molecule has 0 aliphatic heterocycles. The first kappa shape index (κ1) is 17.8. The Labute approximate surface area is 154 Å². The fourth-order valence-electron chi connectivity index (χ4n) is 2.48. The topological polar surface area (TPSA) is 96.6 Å². The smallest absolute Gasteiger partial charge is 0.270 e. The molecule has 0 spiro atoms. The van der Waals surface area contributed by atoms with Gasteiger partial charge in [0, 0.05) is 24.5 Å². The van der Waals surface area contributed by atoms with Gasteiger partial charge in [-0.05, 0) is 31.2 Å². The molecule has 2 heterocycles. The number of benzene rings is 1. The Balaban J connectivity index is 1.94. The van der Waals surface area contributed by atoms with Gasteiger partial charge >= 0.3 is 0 Å². The van der Waals surface area contributed by atoms with Crippen LogP contribution in [0.2, 0.25) is 0 Å². The Morgan fingerprint density at radius 2 is 2.12 bits per heavy atom. The SMILES string of the molecule is CCn1ccnc1CSc1nc(-c2ccc(OC)cc2)c(C#N)c(=O)[nH]1. The third-order valence-electron chi connectivity index (χ3n) is 3.85. The summed E-state index contributed by atoms with van der Waals surface area (Å²) in [6, 6.07) is 9.03. The molecule has 0 radical (unpaired) electrons. The van der Waals surface area contributed by atoms with E-state index >= 15 is 0 Å². The molecule has 8 heteroatoms. The molecule has 1 N–H and O–H groups in total. The van der Waals surface area contributed by atoms with Crippen molar-refractivity contribution in [1.82, 2.24) is 19.5 Å². The van der Waals surface area contributed by atoms with Gasteiger partial charge in [0.15, 0.2) is 5.16 Å². The molecule has 0 fully saturated rings. The number of hydrogen-bond acceptors (Lipinski definition) is 6. The van der Waals surface area contributed by atoms with E-state index in [9.17, 15) is 10.1 Å². The van der Waals surface area contributed by atoms with Crippen molar-refractivity contribution in [3.8, 4) is 23.1 Å². The van der Waals surface area contributed by atoms with Gasteiger partial charge in [-0.2, -0.15) is 5.26 Å². The maximum absolute atomic E-state index is 12.3. The van der Waals surface area contributed by atoms with Crippen molar-refractivity contribution in [2.45, 2.75) is 24.4 Å². The van der Waals surface area contributed by atoms with Crippen molar-refractivity contribution < 1.29 is 4.74 Å². The summed E-state index contributed by atoms with van der Waals surface area (Å²) in [6.45, 7) is 2.86. The first-order valence-electron chi connectivity index (χ1n) is 7.98. The summed E-state index contributed by atoms with van der Waals surface area (Å²) >= 11 is 1.37. The van der Waals surface area contributed by atoms with Crippen LogP contribution in [0, 0.1) is 11.3 Å². The van der Waals surface area contributed by atoms with Crippen LogP contribution in [0.25, 0.3) is 11.3 Å². The van der Waals surface area contributed by atoms with Crippen molar-refractivity contribution in [1.29, 1.82) is 5.26 Å². The molecular formula is C18H17N5O2S. The summed E-state index contributed by atoms with van der Waals surface area (Å²) in [5.74, 6) is 2.16. The normalized spacial score (nSPS) is 10.5. The zero-order valence-corrected chi connectivity index (χ0v) is 15.2. The average Bonchev–Trinajstić information content (AvgIpc) is 3.13. The number of nitrogens with zero attached hydrogens (tertiary/aromatic N) is 4. The number of nitriles is 1. The number of H-pyrrole nitrogens is 1. The summed E-state index contributed by atoms with van der Waals surface area (Å²) < 4.78 is 7.17. The maximum atomic E-state index is 12.3. The molecule has 0 amide bonds. The van der Waals surface area contributed by atoms with Gasteiger partial charge in [-0.1, -0.05) is 11.8 Å². The molecule has 3 aromatic rings. The molecule has 3 rings (SSSR count). The van der Waals surface area contributed by atoms with Crippen LogP contribution in [0.5, 0.6) is 5.75 Å². The molecule has 26 heavy (non-hydrogen) atoms. The summed E-state index contributed by atoms with van der Waals surface area (Å²) in [5.41, 5.74) is 0.592. The molecule has 0 unspecified atom stereocenters. The number of thioether (sulfide) groups is 1. The third-order valence-corrected chi connectivity index (χ3v) is 4.72. The lowest BCUT2D eigenvalue weighted by atomic mass is 10.1. The van der Waals surface area contributed by atoms with E-state index in [-0.39, 0.29) is 5.56 Å². The fraction of sp³-hybridized carbons (Fsp3) is 0.222. The Bertz CT molecular complexity index is 1000. The van der Waals surface area contributed by atoms with Crippen molar-refractivity contribution in [3.05, 3.63) is 58.4 Å². The minimum atomic E-state index is -0.449. The third kappa shape index (κ3) is 3.63. The Morgan fingerprint density at radius 3 is 2.77 bits per heavy atom. The molecule has 0 saturated carbocycles. The molecular weight excluding hydrogens is 350 g/mol. The van der Waals surface area contributed by atoms with Crippen molar-refractivity contribution in [3.63, 3.8) is 0 Å². The van der Waals surface area contributed by atoms with Crippen molar-refractivity contribution in [2.75, 3.05) is 7.11 Å². The number of imidazole rings is 1. The molecule has 0 atom stereocenters. The van der Waals surface area contributed by atoms with E-state index < -0.39 is 5.56 Å². The summed E-state index contributed by atoms with van der Waals surface area (Å²) in [6.07, 6.45) is 3.66. The molecule has 7 nitrogen and oxygen atoms in total. The van der Waals surface area contributed by atoms with E-state index in [2.05, 4.69) is 15.0 Å². The minimum Gasteiger partial charge on any atom is -0.497 e. The van der Waals surface area contributed by atoms with E-state index in [0.717, 1.165) is 12.4 Å². The van der Waals surface area contributed by atoms with Gasteiger partial charge < -0.3 is 14.3 Å². The highest BCUT2D eigenvalue weighted by molar-refractivity contribution is 7.98. The second-order valence-corrected chi connectivity index (χ2v) is 6.32. The number of nitrogens with one attached hydrogen (secondary N) is 1. The van der Waals surface area contributed by atoms with E-state index in [0.29, 0.717) is 27.9 Å². The summed E-state index contributed by atoms with van der Waals surface area (Å²) in [4.78, 5) is 23.8. The zero-order chi connectivity index (χ0) is 18.5. The van der Waals surface area contributed by atoms with Crippen molar-refractivity contribution in [2.24, 2.45) is 0 Å². The van der Waals surface area contributed by atoms with Crippen molar-refractivity contribution >= 4 is 11.8 Å². The number of aromatic nitrogens is 4. The van der Waals surface area contributed by atoms with Crippen LogP contribution in [0.4, 0.5) is 0 Å². The highest BCUT2D eigenvalue weighted by atomic mass is 32.2. The lowest BCUT2D eigenvalue weighted by Gasteiger charge is -2.08. The van der Waals surface area contributed by atoms with E-state index in [1.807, 2.05) is 23.8 Å². The maximum Gasteiger partial charge on any atom is 0.270 e. The standard InChI is InChI=1S/C18H17N5O2S/c1-3-23-9-8-20-15(23)11-26-18-21-16(14(10-19)17(24)22-18)12-4-6-13(25-2)7-5-12/h4-9H,3,11H2,1-2H3,(H,21,22,24). The predicted octanol–water partition coefficient (Wildman–Crippen LogP) is 2.83. The van der Waals surface area contributed by atoms with Crippen LogP contribution in [-0.2, 0) is 12.3 Å². The Hall–Kier alpha value is -3.05. The molecule has 0 aliphatic carbocycles. The van der Waals surface area contributed by atoms with E-state index in [1.54, 1.807) is 37.6 Å². The van der Waals surface area contributed by atoms with Gasteiger partial charge in [-0.15, -0.1) is 0 Å². The van der Waals surface area contributed by atoms with Crippen LogP contribution in [-0.4, -0.2) is 26.6 Å². The van der Waals surface area contributed by atoms with Crippen LogP contribution >= 0.6 is 11.8 Å². The molecule has 0 aliphatic rings. The Kier molecular flexibility index (Phi) is 5.39. The van der Waals surface area contributed by atoms with Crippen LogP contribution < -0.4 is 10.3 Å². The largest absolute Gasteiger partial charge is 0.497 e. The second-order valence-electron chi connectivity index (χ2n) is 5.35. The van der Waals surface area contributed by atoms with E-state index in [1.165, 1.54) is 11.8 Å². The number of hydrogen-bond donors (Lipinski definition) is 1. The molecule has 132 valence electrons. The van der Waals surface area contributed by atoms with Gasteiger partial charge in [-0.3, -0.25) is 4.79 Å². The van der Waals surface area contributed by atoms with Gasteiger partial charge in [0.05, 0.1) is 18.6 Å². The van der Waals surface area contributed by atoms with Gasteiger partial charge in [0.25, 0.3) is 5.56 Å². The quantitative estimate of drug-likeness (QED) is 0.531. The molecule has 0 saturated heterocycles. The molecule has 0 bridgehead atoms. The second kappa shape index (κ2) is 7.89. The highest BCUT2D eigenvalue weighted by Gasteiger charge is 2.14. The predicted molar refractivity (Wildman–Crippen MR) is 99.0 cm³/mol. The first-order valence-corrected chi connectivity index (χ1v) is 8.96. The van der Waals surface area contributed by atoms with Crippen LogP contribution in [0.1, 0.15) is 18.3 Å². The van der Waals surface area contributed by atoms with Crippen LogP contribution in [0.3, 0.4) is 0 Å². The van der Waals surface area contributed by atoms with Crippen LogP contribution in [0.15, 0.2) is 46.6 Å². The number of ether oxygens (including phenoxy) is 1. The highest BCUT2D eigenvalue weighted by Crippen LogP contribution is 2.25. The van der Waals surface area contributed by atoms with Gasteiger partial charge in [0.2, 0.25) is 0 Å². The van der Waals surface area contributed by atoms with Gasteiger partial charge in [0.1, 0.15) is 23.2 Å². The first-order chi connectivity index (χ1) is 12.7. The lowest BCUT2D eigenvalue weighted by Crippen LogP contribution is -2.15. The van der Waals surface area contributed by atoms with Gasteiger partial charge in [-0.25, -0.2) is 9.97 Å². The monoisotopic (exact) mass is 367 g/mol. The number of rotatable bonds is 6. The number of methoxy groups -OCH3 is 1. The lowest BCUT2D eigenvalue weighted by molar-refractivity contribution is 0.415. The fourth-order valence-corrected chi connectivity index (χ4v) is 3.31. The average molecular weight is 367 g/mol.